The van der Waals surface area contributed by atoms with Crippen LogP contribution in [0.1, 0.15) is 44.9 Å². The van der Waals surface area contributed by atoms with Crippen molar-refractivity contribution in [3.63, 3.8) is 0 Å². The Labute approximate surface area is 181 Å². The first kappa shape index (κ1) is 20.1. The maximum absolute atomic E-state index is 13.0. The number of ether oxygens (including phenoxy) is 2. The molecule has 0 radical (unpaired) electrons. The number of hydrogen-bond acceptors (Lipinski definition) is 6. The highest BCUT2D eigenvalue weighted by molar-refractivity contribution is 6.07. The number of rotatable bonds is 4. The van der Waals surface area contributed by atoms with E-state index in [2.05, 4.69) is 15.5 Å². The number of amides is 4. The van der Waals surface area contributed by atoms with Gasteiger partial charge in [0, 0.05) is 30.8 Å². The van der Waals surface area contributed by atoms with Crippen LogP contribution in [-0.4, -0.2) is 59.7 Å². The topological polar surface area (TPSA) is 100 Å². The number of likely N-dealkylation sites (tertiary alicyclic amines) is 1. The van der Waals surface area contributed by atoms with Crippen LogP contribution in [0.3, 0.4) is 0 Å². The number of anilines is 1. The van der Waals surface area contributed by atoms with Crippen LogP contribution in [0, 0.1) is 5.92 Å². The van der Waals surface area contributed by atoms with E-state index in [1.165, 1.54) is 4.90 Å². The SMILES string of the molecule is O=C(Nc1ccc2c(c1)OCO2)C1CCN(CN2C(=O)NC3(CCCCC3)C2=O)CC1. The Balaban J connectivity index is 1.13. The van der Waals surface area contributed by atoms with Crippen LogP contribution in [0.5, 0.6) is 11.5 Å². The van der Waals surface area contributed by atoms with E-state index in [4.69, 9.17) is 9.47 Å². The molecular weight excluding hydrogens is 400 g/mol. The number of benzene rings is 1. The fourth-order valence-electron chi connectivity index (χ4n) is 5.05. The number of nitrogens with zero attached hydrogens (tertiary/aromatic N) is 2. The zero-order valence-electron chi connectivity index (χ0n) is 17.5. The first-order valence-electron chi connectivity index (χ1n) is 11.1. The Hall–Kier alpha value is -2.81. The molecule has 9 nitrogen and oxygen atoms in total. The molecule has 4 amide bonds. The number of imide groups is 1. The summed E-state index contributed by atoms with van der Waals surface area (Å²) in [4.78, 5) is 41.6. The Morgan fingerprint density at radius 2 is 1.84 bits per heavy atom. The van der Waals surface area contributed by atoms with E-state index in [9.17, 15) is 14.4 Å². The quantitative estimate of drug-likeness (QED) is 0.714. The van der Waals surface area contributed by atoms with Crippen molar-refractivity contribution in [1.29, 1.82) is 0 Å². The smallest absolute Gasteiger partial charge is 0.326 e. The number of carbonyl (C=O) groups excluding carboxylic acids is 3. The highest BCUT2D eigenvalue weighted by Gasteiger charge is 2.51. The van der Waals surface area contributed by atoms with Gasteiger partial charge in [0.1, 0.15) is 5.54 Å². The molecule has 0 unspecified atom stereocenters. The van der Waals surface area contributed by atoms with Crippen LogP contribution in [0.4, 0.5) is 10.5 Å². The molecule has 31 heavy (non-hydrogen) atoms. The molecule has 1 aromatic carbocycles. The fraction of sp³-hybridized carbons (Fsp3) is 0.591. The molecule has 3 aliphatic heterocycles. The number of carbonyl (C=O) groups is 3. The van der Waals surface area contributed by atoms with Gasteiger partial charge in [0.2, 0.25) is 12.7 Å². The van der Waals surface area contributed by atoms with Crippen molar-refractivity contribution in [2.24, 2.45) is 5.92 Å². The Kier molecular flexibility index (Phi) is 5.21. The monoisotopic (exact) mass is 428 g/mol. The van der Waals surface area contributed by atoms with E-state index in [1.54, 1.807) is 18.2 Å². The largest absolute Gasteiger partial charge is 0.454 e. The van der Waals surface area contributed by atoms with Crippen LogP contribution in [0.15, 0.2) is 18.2 Å². The van der Waals surface area contributed by atoms with Crippen LogP contribution in [-0.2, 0) is 9.59 Å². The first-order valence-corrected chi connectivity index (χ1v) is 11.1. The Morgan fingerprint density at radius 1 is 1.10 bits per heavy atom. The maximum Gasteiger partial charge on any atom is 0.326 e. The molecular formula is C22H28N4O5. The van der Waals surface area contributed by atoms with Gasteiger partial charge in [-0.05, 0) is 37.8 Å². The van der Waals surface area contributed by atoms with Crippen LogP contribution in [0.25, 0.3) is 0 Å². The first-order chi connectivity index (χ1) is 15.0. The van der Waals surface area contributed by atoms with Gasteiger partial charge in [-0.15, -0.1) is 0 Å². The fourth-order valence-corrected chi connectivity index (χ4v) is 5.05. The molecule has 3 fully saturated rings. The van der Waals surface area contributed by atoms with Crippen molar-refractivity contribution in [2.75, 3.05) is 31.9 Å². The van der Waals surface area contributed by atoms with Gasteiger partial charge in [-0.3, -0.25) is 14.5 Å². The van der Waals surface area contributed by atoms with Gasteiger partial charge >= 0.3 is 6.03 Å². The normalized spacial score (nSPS) is 23.3. The van der Waals surface area contributed by atoms with E-state index in [-0.39, 0.29) is 30.6 Å². The van der Waals surface area contributed by atoms with Gasteiger partial charge in [-0.1, -0.05) is 19.3 Å². The van der Waals surface area contributed by atoms with Gasteiger partial charge in [0.25, 0.3) is 5.91 Å². The summed E-state index contributed by atoms with van der Waals surface area (Å²) in [6, 6.07) is 5.08. The molecule has 166 valence electrons. The molecule has 0 aromatic heterocycles. The molecule has 2 saturated heterocycles. The number of hydrogen-bond donors (Lipinski definition) is 2. The second kappa shape index (κ2) is 8.03. The zero-order chi connectivity index (χ0) is 21.4. The summed E-state index contributed by atoms with van der Waals surface area (Å²) in [5.74, 6) is 1.11. The zero-order valence-corrected chi connectivity index (χ0v) is 17.5. The van der Waals surface area contributed by atoms with E-state index in [0.29, 0.717) is 49.8 Å². The molecule has 9 heteroatoms. The summed E-state index contributed by atoms with van der Waals surface area (Å²) in [5, 5.41) is 5.92. The van der Waals surface area contributed by atoms with Crippen LogP contribution >= 0.6 is 0 Å². The average Bonchev–Trinajstić information content (AvgIpc) is 3.33. The van der Waals surface area contributed by atoms with Gasteiger partial charge in [-0.25, -0.2) is 9.69 Å². The van der Waals surface area contributed by atoms with Crippen molar-refractivity contribution in [1.82, 2.24) is 15.1 Å². The number of urea groups is 1. The third-order valence-electron chi connectivity index (χ3n) is 6.89. The van der Waals surface area contributed by atoms with E-state index >= 15 is 0 Å². The molecule has 1 aliphatic carbocycles. The van der Waals surface area contributed by atoms with Crippen molar-refractivity contribution in [3.05, 3.63) is 18.2 Å². The summed E-state index contributed by atoms with van der Waals surface area (Å²) in [6.07, 6.45) is 5.91. The van der Waals surface area contributed by atoms with Crippen molar-refractivity contribution in [2.45, 2.75) is 50.5 Å². The molecule has 2 N–H and O–H groups in total. The summed E-state index contributed by atoms with van der Waals surface area (Å²) in [6.45, 7) is 1.83. The van der Waals surface area contributed by atoms with Crippen molar-refractivity contribution in [3.8, 4) is 11.5 Å². The molecule has 1 aromatic rings. The second-order valence-corrected chi connectivity index (χ2v) is 8.90. The van der Waals surface area contributed by atoms with E-state index in [0.717, 1.165) is 32.1 Å². The van der Waals surface area contributed by atoms with Gasteiger partial charge < -0.3 is 20.1 Å². The van der Waals surface area contributed by atoms with Gasteiger partial charge in [0.05, 0.1) is 6.67 Å². The lowest BCUT2D eigenvalue weighted by atomic mass is 9.82. The molecule has 1 saturated carbocycles. The predicted molar refractivity (Wildman–Crippen MR) is 112 cm³/mol. The van der Waals surface area contributed by atoms with Gasteiger partial charge in [-0.2, -0.15) is 0 Å². The molecule has 1 spiro atoms. The molecule has 4 aliphatic rings. The van der Waals surface area contributed by atoms with E-state index in [1.807, 2.05) is 0 Å². The third-order valence-corrected chi connectivity index (χ3v) is 6.89. The van der Waals surface area contributed by atoms with Crippen molar-refractivity contribution >= 4 is 23.5 Å². The Morgan fingerprint density at radius 3 is 2.61 bits per heavy atom. The summed E-state index contributed by atoms with van der Waals surface area (Å²) < 4.78 is 10.7. The number of piperidine rings is 1. The van der Waals surface area contributed by atoms with Crippen molar-refractivity contribution < 1.29 is 23.9 Å². The highest BCUT2D eigenvalue weighted by atomic mass is 16.7. The average molecular weight is 428 g/mol. The number of nitrogens with one attached hydrogen (secondary N) is 2. The minimum atomic E-state index is -0.682. The Bertz CT molecular complexity index is 890. The lowest BCUT2D eigenvalue weighted by molar-refractivity contribution is -0.134. The van der Waals surface area contributed by atoms with Crippen LogP contribution in [0.2, 0.25) is 0 Å². The summed E-state index contributed by atoms with van der Waals surface area (Å²) in [5.41, 5.74) is 0.00631. The van der Waals surface area contributed by atoms with Crippen LogP contribution < -0.4 is 20.1 Å². The number of fused-ring (bicyclic) bond motifs is 1. The predicted octanol–water partition coefficient (Wildman–Crippen LogP) is 2.28. The summed E-state index contributed by atoms with van der Waals surface area (Å²) >= 11 is 0. The maximum atomic E-state index is 13.0. The van der Waals surface area contributed by atoms with E-state index < -0.39 is 5.54 Å². The van der Waals surface area contributed by atoms with Gasteiger partial charge in [0.15, 0.2) is 11.5 Å². The molecule has 3 heterocycles. The summed E-state index contributed by atoms with van der Waals surface area (Å²) in [7, 11) is 0. The molecule has 0 bridgehead atoms. The third kappa shape index (κ3) is 3.82. The highest BCUT2D eigenvalue weighted by Crippen LogP contribution is 2.35. The second-order valence-electron chi connectivity index (χ2n) is 8.90. The standard InChI is InChI=1S/C22H28N4O5/c27-19(23-16-4-5-17-18(12-16)31-14-30-17)15-6-10-25(11-7-15)13-26-20(28)22(24-21(26)29)8-2-1-3-9-22/h4-5,12,15H,1-3,6-11,13-14H2,(H,23,27)(H,24,29). The molecule has 5 rings (SSSR count). The minimum absolute atomic E-state index is 0.0188. The lowest BCUT2D eigenvalue weighted by Crippen LogP contribution is -2.50. The lowest BCUT2D eigenvalue weighted by Gasteiger charge is -2.34. The molecule has 0 atom stereocenters. The minimum Gasteiger partial charge on any atom is -0.454 e.